The predicted octanol–water partition coefficient (Wildman–Crippen LogP) is 1.67. The average Bonchev–Trinajstić information content (AvgIpc) is 2.61. The molecule has 10 heteroatoms. The van der Waals surface area contributed by atoms with E-state index in [9.17, 15) is 28.5 Å². The molecule has 2 aromatic carbocycles. The molecule has 0 saturated carbocycles. The van der Waals surface area contributed by atoms with Gasteiger partial charge in [-0.15, -0.1) is 0 Å². The minimum absolute atomic E-state index is 0.00143. The van der Waals surface area contributed by atoms with Crippen molar-refractivity contribution in [3.8, 4) is 0 Å². The van der Waals surface area contributed by atoms with Gasteiger partial charge in [0, 0.05) is 18.7 Å². The molecule has 0 aliphatic rings. The number of carbonyl (C=O) groups is 2. The van der Waals surface area contributed by atoms with Crippen molar-refractivity contribution in [1.82, 2.24) is 10.6 Å². The molecule has 0 fully saturated rings. The third kappa shape index (κ3) is 3.91. The molecular weight excluding hydrogens is 350 g/mol. The van der Waals surface area contributed by atoms with Crippen LogP contribution < -0.4 is 16.4 Å². The number of likely N-dealkylation sites (N-methyl/N-ethyl adjacent to an activating group) is 1. The summed E-state index contributed by atoms with van der Waals surface area (Å²) in [6, 6.07) is 4.78. The number of nitro groups is 1. The van der Waals surface area contributed by atoms with Crippen molar-refractivity contribution in [2.45, 2.75) is 6.04 Å². The van der Waals surface area contributed by atoms with Gasteiger partial charge in [0.05, 0.1) is 4.92 Å². The Kier molecular flexibility index (Phi) is 5.45. The molecule has 8 nitrogen and oxygen atoms in total. The lowest BCUT2D eigenvalue weighted by molar-refractivity contribution is -0.383. The molecule has 0 heterocycles. The number of hydrogen-bond donors (Lipinski definition) is 3. The average molecular weight is 364 g/mol. The van der Waals surface area contributed by atoms with Crippen LogP contribution in [-0.2, 0) is 4.79 Å². The summed E-state index contributed by atoms with van der Waals surface area (Å²) in [4.78, 5) is 34.6. The zero-order valence-electron chi connectivity index (χ0n) is 13.5. The number of anilines is 1. The Bertz CT molecular complexity index is 889. The van der Waals surface area contributed by atoms with Crippen molar-refractivity contribution in [2.75, 3.05) is 12.8 Å². The van der Waals surface area contributed by atoms with Gasteiger partial charge in [-0.1, -0.05) is 6.07 Å². The number of halogens is 2. The molecule has 0 radical (unpaired) electrons. The lowest BCUT2D eigenvalue weighted by Crippen LogP contribution is -2.39. The van der Waals surface area contributed by atoms with E-state index in [4.69, 9.17) is 5.73 Å². The molecule has 2 aromatic rings. The summed E-state index contributed by atoms with van der Waals surface area (Å²) in [7, 11) is 1.30. The van der Waals surface area contributed by atoms with Crippen LogP contribution in [0.1, 0.15) is 22.0 Å². The summed E-state index contributed by atoms with van der Waals surface area (Å²) in [6.07, 6.45) is 0. The standard InChI is InChI=1S/C16H14F2N4O4/c1-20-16(24)14(8-2-4-10(17)11(18)6-8)21-15(23)9-3-5-12(19)13(7-9)22(25)26/h2-7,14H,19H2,1H3,(H,20,24)(H,21,23). The Morgan fingerprint density at radius 3 is 2.42 bits per heavy atom. The van der Waals surface area contributed by atoms with Crippen LogP contribution in [0.15, 0.2) is 36.4 Å². The van der Waals surface area contributed by atoms with Crippen molar-refractivity contribution in [3.63, 3.8) is 0 Å². The molecule has 2 amide bonds. The highest BCUT2D eigenvalue weighted by Crippen LogP contribution is 2.23. The van der Waals surface area contributed by atoms with E-state index in [-0.39, 0.29) is 16.8 Å². The van der Waals surface area contributed by atoms with Gasteiger partial charge in [0.2, 0.25) is 5.91 Å². The molecule has 136 valence electrons. The van der Waals surface area contributed by atoms with E-state index in [0.29, 0.717) is 0 Å². The van der Waals surface area contributed by atoms with Crippen LogP contribution in [0.2, 0.25) is 0 Å². The van der Waals surface area contributed by atoms with Gasteiger partial charge in [0.1, 0.15) is 11.7 Å². The van der Waals surface area contributed by atoms with Gasteiger partial charge in [0.15, 0.2) is 11.6 Å². The summed E-state index contributed by atoms with van der Waals surface area (Å²) in [5.74, 6) is -3.81. The fraction of sp³-hybridized carbons (Fsp3) is 0.125. The Hall–Kier alpha value is -3.56. The molecule has 1 unspecified atom stereocenters. The van der Waals surface area contributed by atoms with Crippen molar-refractivity contribution >= 4 is 23.2 Å². The number of rotatable bonds is 5. The van der Waals surface area contributed by atoms with Crippen LogP contribution in [0.25, 0.3) is 0 Å². The normalized spacial score (nSPS) is 11.5. The van der Waals surface area contributed by atoms with E-state index in [1.54, 1.807) is 0 Å². The predicted molar refractivity (Wildman–Crippen MR) is 88.1 cm³/mol. The number of carbonyl (C=O) groups excluding carboxylic acids is 2. The van der Waals surface area contributed by atoms with Gasteiger partial charge in [0.25, 0.3) is 11.6 Å². The maximum absolute atomic E-state index is 13.4. The van der Waals surface area contributed by atoms with Gasteiger partial charge in [-0.05, 0) is 29.8 Å². The second-order valence-electron chi connectivity index (χ2n) is 5.22. The maximum atomic E-state index is 13.4. The van der Waals surface area contributed by atoms with Gasteiger partial charge >= 0.3 is 0 Å². The minimum Gasteiger partial charge on any atom is -0.393 e. The second-order valence-corrected chi connectivity index (χ2v) is 5.22. The molecule has 0 aliphatic heterocycles. The van der Waals surface area contributed by atoms with Crippen molar-refractivity contribution in [2.24, 2.45) is 0 Å². The lowest BCUT2D eigenvalue weighted by atomic mass is 10.0. The maximum Gasteiger partial charge on any atom is 0.292 e. The van der Waals surface area contributed by atoms with E-state index in [1.165, 1.54) is 19.2 Å². The summed E-state index contributed by atoms with van der Waals surface area (Å²) in [5.41, 5.74) is 4.75. The molecule has 0 aliphatic carbocycles. The SMILES string of the molecule is CNC(=O)C(NC(=O)c1ccc(N)c([N+](=O)[O-])c1)c1ccc(F)c(F)c1. The number of nitrogens with one attached hydrogen (secondary N) is 2. The zero-order valence-corrected chi connectivity index (χ0v) is 13.5. The fourth-order valence-corrected chi connectivity index (χ4v) is 2.19. The van der Waals surface area contributed by atoms with Crippen LogP contribution in [0, 0.1) is 21.7 Å². The van der Waals surface area contributed by atoms with E-state index in [0.717, 1.165) is 24.3 Å². The van der Waals surface area contributed by atoms with E-state index in [2.05, 4.69) is 10.6 Å². The molecular formula is C16H14F2N4O4. The summed E-state index contributed by atoms with van der Waals surface area (Å²) in [5, 5.41) is 15.5. The first-order valence-electron chi connectivity index (χ1n) is 7.26. The van der Waals surface area contributed by atoms with Crippen molar-refractivity contribution < 1.29 is 23.3 Å². The van der Waals surface area contributed by atoms with Crippen LogP contribution in [0.5, 0.6) is 0 Å². The highest BCUT2D eigenvalue weighted by atomic mass is 19.2. The zero-order chi connectivity index (χ0) is 19.4. The lowest BCUT2D eigenvalue weighted by Gasteiger charge is -2.18. The number of nitro benzene ring substituents is 1. The first-order chi connectivity index (χ1) is 12.2. The van der Waals surface area contributed by atoms with Crippen LogP contribution >= 0.6 is 0 Å². The first-order valence-corrected chi connectivity index (χ1v) is 7.26. The Morgan fingerprint density at radius 2 is 1.85 bits per heavy atom. The number of nitrogens with two attached hydrogens (primary N) is 1. The molecule has 2 rings (SSSR count). The topological polar surface area (TPSA) is 127 Å². The quantitative estimate of drug-likeness (QED) is 0.422. The third-order valence-electron chi connectivity index (χ3n) is 3.55. The van der Waals surface area contributed by atoms with Crippen LogP contribution in [0.4, 0.5) is 20.2 Å². The number of nitrogen functional groups attached to an aromatic ring is 1. The Morgan fingerprint density at radius 1 is 1.15 bits per heavy atom. The fourth-order valence-electron chi connectivity index (χ4n) is 2.19. The minimum atomic E-state index is -1.33. The molecule has 0 bridgehead atoms. The van der Waals surface area contributed by atoms with E-state index in [1.807, 2.05) is 0 Å². The van der Waals surface area contributed by atoms with Gasteiger partial charge in [-0.2, -0.15) is 0 Å². The monoisotopic (exact) mass is 364 g/mol. The number of benzene rings is 2. The highest BCUT2D eigenvalue weighted by molar-refractivity contribution is 5.98. The van der Waals surface area contributed by atoms with Crippen LogP contribution in [0.3, 0.4) is 0 Å². The van der Waals surface area contributed by atoms with Gasteiger partial charge < -0.3 is 16.4 Å². The Balaban J connectivity index is 2.35. The number of hydrogen-bond acceptors (Lipinski definition) is 5. The smallest absolute Gasteiger partial charge is 0.292 e. The molecule has 26 heavy (non-hydrogen) atoms. The Labute approximate surface area is 146 Å². The molecule has 1 atom stereocenters. The highest BCUT2D eigenvalue weighted by Gasteiger charge is 2.25. The van der Waals surface area contributed by atoms with Crippen molar-refractivity contribution in [3.05, 3.63) is 69.3 Å². The van der Waals surface area contributed by atoms with E-state index < -0.39 is 40.1 Å². The van der Waals surface area contributed by atoms with Crippen molar-refractivity contribution in [1.29, 1.82) is 0 Å². The summed E-state index contributed by atoms with van der Waals surface area (Å²) in [6.45, 7) is 0. The number of amides is 2. The second kappa shape index (κ2) is 7.55. The summed E-state index contributed by atoms with van der Waals surface area (Å²) < 4.78 is 26.5. The van der Waals surface area contributed by atoms with Gasteiger partial charge in [-0.25, -0.2) is 8.78 Å². The third-order valence-corrected chi connectivity index (χ3v) is 3.55. The van der Waals surface area contributed by atoms with Crippen LogP contribution in [-0.4, -0.2) is 23.8 Å². The molecule has 0 saturated heterocycles. The largest absolute Gasteiger partial charge is 0.393 e. The first kappa shape index (κ1) is 18.8. The summed E-state index contributed by atoms with van der Waals surface area (Å²) >= 11 is 0. The van der Waals surface area contributed by atoms with Gasteiger partial charge in [-0.3, -0.25) is 19.7 Å². The molecule has 0 aromatic heterocycles. The number of nitrogens with zero attached hydrogens (tertiary/aromatic N) is 1. The molecule has 4 N–H and O–H groups in total. The van der Waals surface area contributed by atoms with E-state index >= 15 is 0 Å². The molecule has 0 spiro atoms.